The highest BCUT2D eigenvalue weighted by atomic mass is 16.5. The van der Waals surface area contributed by atoms with Crippen LogP contribution >= 0.6 is 0 Å². The second kappa shape index (κ2) is 6.49. The first-order chi connectivity index (χ1) is 11.3. The maximum Gasteiger partial charge on any atom is 0.332 e. The summed E-state index contributed by atoms with van der Waals surface area (Å²) in [6, 6.07) is 4.55. The Bertz CT molecular complexity index is 913. The van der Waals surface area contributed by atoms with Gasteiger partial charge in [0.1, 0.15) is 11.5 Å². The lowest BCUT2D eigenvalue weighted by molar-refractivity contribution is 0.102. The van der Waals surface area contributed by atoms with Gasteiger partial charge in [0.2, 0.25) is 0 Å². The Morgan fingerprint density at radius 2 is 1.71 bits per heavy atom. The van der Waals surface area contributed by atoms with Gasteiger partial charge in [0, 0.05) is 19.7 Å². The first-order valence-electron chi connectivity index (χ1n) is 6.90. The van der Waals surface area contributed by atoms with Crippen LogP contribution in [0.15, 0.2) is 27.8 Å². The maximum absolute atomic E-state index is 12.4. The number of nitrogens with two attached hydrogens (primary N) is 1. The fraction of sp³-hybridized carbons (Fsp3) is 0.267. The number of nitrogens with one attached hydrogen (secondary N) is 1. The molecule has 3 N–H and O–H groups in total. The third-order valence-electron chi connectivity index (χ3n) is 3.59. The maximum atomic E-state index is 12.4. The van der Waals surface area contributed by atoms with Gasteiger partial charge in [-0.15, -0.1) is 0 Å². The van der Waals surface area contributed by atoms with Gasteiger partial charge >= 0.3 is 5.69 Å². The lowest BCUT2D eigenvalue weighted by atomic mass is 10.2. The molecule has 1 aromatic heterocycles. The van der Waals surface area contributed by atoms with E-state index in [2.05, 4.69) is 5.32 Å². The quantitative estimate of drug-likeness (QED) is 0.808. The van der Waals surface area contributed by atoms with E-state index in [1.165, 1.54) is 40.4 Å². The minimum absolute atomic E-state index is 0.128. The van der Waals surface area contributed by atoms with Crippen LogP contribution in [0.1, 0.15) is 10.4 Å². The molecule has 0 spiro atoms. The molecule has 0 aliphatic heterocycles. The number of hydrogen-bond acceptors (Lipinski definition) is 6. The highest BCUT2D eigenvalue weighted by molar-refractivity contribution is 6.05. The normalized spacial score (nSPS) is 10.3. The molecule has 0 radical (unpaired) electrons. The summed E-state index contributed by atoms with van der Waals surface area (Å²) in [7, 11) is 5.63. The standard InChI is InChI=1S/C15H18N4O5/c1-18-12(16)11(14(21)19(2)15(18)22)17-13(20)8-5-6-9(23-3)10(7-8)24-4/h5-7H,16H2,1-4H3,(H,17,20). The SMILES string of the molecule is COc1ccc(C(=O)Nc2c(N)n(C)c(=O)n(C)c2=O)cc1OC. The molecule has 0 saturated carbocycles. The Morgan fingerprint density at radius 3 is 2.29 bits per heavy atom. The van der Waals surface area contributed by atoms with Gasteiger partial charge < -0.3 is 20.5 Å². The average Bonchev–Trinajstić information content (AvgIpc) is 2.61. The number of rotatable bonds is 4. The van der Waals surface area contributed by atoms with Crippen molar-refractivity contribution in [2.24, 2.45) is 14.1 Å². The summed E-state index contributed by atoms with van der Waals surface area (Å²) in [6.07, 6.45) is 0. The van der Waals surface area contributed by atoms with E-state index in [9.17, 15) is 14.4 Å². The van der Waals surface area contributed by atoms with Crippen LogP contribution in [0, 0.1) is 0 Å². The monoisotopic (exact) mass is 334 g/mol. The number of nitrogens with zero attached hydrogens (tertiary/aromatic N) is 2. The molecule has 0 fully saturated rings. The van der Waals surface area contributed by atoms with Crippen molar-refractivity contribution < 1.29 is 14.3 Å². The van der Waals surface area contributed by atoms with E-state index in [0.29, 0.717) is 11.5 Å². The van der Waals surface area contributed by atoms with Crippen molar-refractivity contribution in [1.82, 2.24) is 9.13 Å². The van der Waals surface area contributed by atoms with E-state index in [0.717, 1.165) is 9.13 Å². The van der Waals surface area contributed by atoms with Gasteiger partial charge in [0.25, 0.3) is 11.5 Å². The van der Waals surface area contributed by atoms with Crippen LogP contribution in [-0.4, -0.2) is 29.3 Å². The molecule has 128 valence electrons. The molecule has 24 heavy (non-hydrogen) atoms. The fourth-order valence-electron chi connectivity index (χ4n) is 2.14. The first-order valence-corrected chi connectivity index (χ1v) is 6.90. The summed E-state index contributed by atoms with van der Waals surface area (Å²) in [6.45, 7) is 0. The van der Waals surface area contributed by atoms with Crippen LogP contribution in [0.25, 0.3) is 0 Å². The predicted molar refractivity (Wildman–Crippen MR) is 88.8 cm³/mol. The van der Waals surface area contributed by atoms with E-state index in [4.69, 9.17) is 15.2 Å². The van der Waals surface area contributed by atoms with E-state index in [-0.39, 0.29) is 17.1 Å². The Labute approximate surface area is 137 Å². The molecule has 9 nitrogen and oxygen atoms in total. The third kappa shape index (κ3) is 2.83. The van der Waals surface area contributed by atoms with Crippen molar-refractivity contribution in [3.8, 4) is 11.5 Å². The minimum atomic E-state index is -0.690. The van der Waals surface area contributed by atoms with Gasteiger partial charge in [-0.1, -0.05) is 0 Å². The Hall–Kier alpha value is -3.23. The van der Waals surface area contributed by atoms with E-state index in [1.807, 2.05) is 0 Å². The van der Waals surface area contributed by atoms with E-state index >= 15 is 0 Å². The van der Waals surface area contributed by atoms with E-state index < -0.39 is 17.2 Å². The number of carbonyl (C=O) groups is 1. The zero-order chi connectivity index (χ0) is 18.0. The number of benzene rings is 1. The van der Waals surface area contributed by atoms with Crippen molar-refractivity contribution in [3.05, 3.63) is 44.6 Å². The van der Waals surface area contributed by atoms with Crippen LogP contribution in [0.2, 0.25) is 0 Å². The second-order valence-electron chi connectivity index (χ2n) is 4.99. The molecule has 2 rings (SSSR count). The zero-order valence-corrected chi connectivity index (χ0v) is 13.7. The molecule has 9 heteroatoms. The zero-order valence-electron chi connectivity index (χ0n) is 13.7. The van der Waals surface area contributed by atoms with Gasteiger partial charge in [-0.3, -0.25) is 18.7 Å². The van der Waals surface area contributed by atoms with Crippen LogP contribution in [0.3, 0.4) is 0 Å². The van der Waals surface area contributed by atoms with Crippen LogP contribution < -0.4 is 31.8 Å². The number of ether oxygens (including phenoxy) is 2. The molecule has 0 bridgehead atoms. The largest absolute Gasteiger partial charge is 0.493 e. The third-order valence-corrected chi connectivity index (χ3v) is 3.59. The Kier molecular flexibility index (Phi) is 4.63. The summed E-state index contributed by atoms with van der Waals surface area (Å²) in [5, 5.41) is 2.44. The summed E-state index contributed by atoms with van der Waals surface area (Å²) < 4.78 is 12.2. The summed E-state index contributed by atoms with van der Waals surface area (Å²) >= 11 is 0. The van der Waals surface area contributed by atoms with Gasteiger partial charge in [-0.2, -0.15) is 0 Å². The lowest BCUT2D eigenvalue weighted by Gasteiger charge is -2.13. The molecule has 2 aromatic rings. The molecule has 1 heterocycles. The van der Waals surface area contributed by atoms with Crippen molar-refractivity contribution in [3.63, 3.8) is 0 Å². The Balaban J connectivity index is 2.45. The fourth-order valence-corrected chi connectivity index (χ4v) is 2.14. The second-order valence-corrected chi connectivity index (χ2v) is 4.99. The van der Waals surface area contributed by atoms with Crippen LogP contribution in [0.5, 0.6) is 11.5 Å². The number of methoxy groups -OCH3 is 2. The van der Waals surface area contributed by atoms with Crippen molar-refractivity contribution in [1.29, 1.82) is 0 Å². The number of anilines is 2. The van der Waals surface area contributed by atoms with Crippen LogP contribution in [-0.2, 0) is 14.1 Å². The number of hydrogen-bond donors (Lipinski definition) is 2. The molecule has 0 aliphatic carbocycles. The number of carbonyl (C=O) groups excluding carboxylic acids is 1. The number of aromatic nitrogens is 2. The van der Waals surface area contributed by atoms with Crippen LogP contribution in [0.4, 0.5) is 11.5 Å². The number of nitrogen functional groups attached to an aromatic ring is 1. The van der Waals surface area contributed by atoms with Gasteiger partial charge in [0.05, 0.1) is 14.2 Å². The van der Waals surface area contributed by atoms with Gasteiger partial charge in [-0.05, 0) is 18.2 Å². The molecule has 0 aliphatic rings. The molecule has 1 aromatic carbocycles. The topological polar surface area (TPSA) is 118 Å². The molecular formula is C15H18N4O5. The molecular weight excluding hydrogens is 316 g/mol. The highest BCUT2D eigenvalue weighted by Gasteiger charge is 2.17. The molecule has 0 atom stereocenters. The molecule has 1 amide bonds. The number of amides is 1. The first kappa shape index (κ1) is 17.1. The molecule has 0 saturated heterocycles. The highest BCUT2D eigenvalue weighted by Crippen LogP contribution is 2.27. The average molecular weight is 334 g/mol. The van der Waals surface area contributed by atoms with E-state index in [1.54, 1.807) is 6.07 Å². The molecule has 0 unspecified atom stereocenters. The minimum Gasteiger partial charge on any atom is -0.493 e. The predicted octanol–water partition coefficient (Wildman–Crippen LogP) is -0.0643. The van der Waals surface area contributed by atoms with Gasteiger partial charge in [-0.25, -0.2) is 4.79 Å². The van der Waals surface area contributed by atoms with Crippen molar-refractivity contribution in [2.75, 3.05) is 25.3 Å². The van der Waals surface area contributed by atoms with Gasteiger partial charge in [0.15, 0.2) is 11.5 Å². The summed E-state index contributed by atoms with van der Waals surface area (Å²) in [5.74, 6) is 0.133. The lowest BCUT2D eigenvalue weighted by Crippen LogP contribution is -2.40. The van der Waals surface area contributed by atoms with Crippen molar-refractivity contribution >= 4 is 17.4 Å². The van der Waals surface area contributed by atoms with Crippen molar-refractivity contribution in [2.45, 2.75) is 0 Å². The smallest absolute Gasteiger partial charge is 0.332 e. The summed E-state index contributed by atoms with van der Waals surface area (Å²) in [5.41, 5.74) is 4.57. The summed E-state index contributed by atoms with van der Waals surface area (Å²) in [4.78, 5) is 36.3. The Morgan fingerprint density at radius 1 is 1.08 bits per heavy atom.